The number of nitrogens with zero attached hydrogens (tertiary/aromatic N) is 1. The Labute approximate surface area is 193 Å². The van der Waals surface area contributed by atoms with Gasteiger partial charge in [0.25, 0.3) is 11.7 Å². The fraction of sp³-hybridized carbons (Fsp3) is 0.286. The summed E-state index contributed by atoms with van der Waals surface area (Å²) in [5.41, 5.74) is 1.37. The average Bonchev–Trinajstić information content (AvgIpc) is 3.13. The summed E-state index contributed by atoms with van der Waals surface area (Å²) in [6, 6.07) is 20.1. The average molecular weight is 442 g/mol. The van der Waals surface area contributed by atoms with Crippen LogP contribution in [0.4, 0.5) is 0 Å². The highest BCUT2D eigenvalue weighted by molar-refractivity contribution is 6.46. The normalized spacial score (nSPS) is 21.0. The number of benzene rings is 3. The summed E-state index contributed by atoms with van der Waals surface area (Å²) < 4.78 is 5.60. The van der Waals surface area contributed by atoms with Crippen molar-refractivity contribution in [1.29, 1.82) is 0 Å². The van der Waals surface area contributed by atoms with Crippen LogP contribution in [0.2, 0.25) is 0 Å². The Bertz CT molecular complexity index is 1260. The molecule has 3 aromatic carbocycles. The van der Waals surface area contributed by atoms with Gasteiger partial charge >= 0.3 is 0 Å². The van der Waals surface area contributed by atoms with Crippen molar-refractivity contribution in [2.75, 3.05) is 7.11 Å². The lowest BCUT2D eigenvalue weighted by Crippen LogP contribution is -2.40. The summed E-state index contributed by atoms with van der Waals surface area (Å²) in [6.45, 7) is 0. The van der Waals surface area contributed by atoms with Gasteiger partial charge in [-0.2, -0.15) is 0 Å². The number of rotatable bonds is 4. The lowest BCUT2D eigenvalue weighted by Gasteiger charge is -2.35. The predicted molar refractivity (Wildman–Crippen MR) is 128 cm³/mol. The van der Waals surface area contributed by atoms with Gasteiger partial charge in [-0.15, -0.1) is 0 Å². The molecule has 3 aromatic rings. The zero-order valence-electron chi connectivity index (χ0n) is 18.7. The number of carbonyl (C=O) groups is 2. The Morgan fingerprint density at radius 2 is 1.61 bits per heavy atom. The topological polar surface area (TPSA) is 66.8 Å². The molecule has 1 saturated heterocycles. The van der Waals surface area contributed by atoms with Crippen molar-refractivity contribution in [2.24, 2.45) is 0 Å². The van der Waals surface area contributed by atoms with E-state index in [1.165, 1.54) is 0 Å². The van der Waals surface area contributed by atoms with E-state index in [0.717, 1.165) is 42.9 Å². The van der Waals surface area contributed by atoms with Crippen LogP contribution in [-0.2, 0) is 9.59 Å². The van der Waals surface area contributed by atoms with E-state index in [0.29, 0.717) is 16.9 Å². The van der Waals surface area contributed by atoms with E-state index in [1.54, 1.807) is 18.1 Å². The van der Waals surface area contributed by atoms with Crippen LogP contribution in [0.5, 0.6) is 5.75 Å². The number of para-hydroxylation sites is 1. The SMILES string of the molecule is COc1ccccc1C1/C(=C(\O)c2ccc3ccccc3c2)C(=O)C(=O)N1C1CCCCC1. The number of hydrogen-bond donors (Lipinski definition) is 1. The number of amides is 1. The van der Waals surface area contributed by atoms with Crippen LogP contribution >= 0.6 is 0 Å². The van der Waals surface area contributed by atoms with Crippen molar-refractivity contribution in [3.05, 3.63) is 83.4 Å². The van der Waals surface area contributed by atoms with Crippen LogP contribution in [0.15, 0.2) is 72.3 Å². The molecule has 0 spiro atoms. The first-order chi connectivity index (χ1) is 16.1. The van der Waals surface area contributed by atoms with Gasteiger partial charge in [0.05, 0.1) is 18.7 Å². The molecule has 1 atom stereocenters. The minimum absolute atomic E-state index is 0.0352. The molecule has 33 heavy (non-hydrogen) atoms. The summed E-state index contributed by atoms with van der Waals surface area (Å²) in [5.74, 6) is -0.731. The molecule has 1 amide bonds. The molecular formula is C28H27NO4. The Kier molecular flexibility index (Phi) is 5.63. The molecule has 2 aliphatic rings. The van der Waals surface area contributed by atoms with Gasteiger partial charge in [-0.05, 0) is 35.7 Å². The van der Waals surface area contributed by atoms with Gasteiger partial charge in [0.1, 0.15) is 11.5 Å². The van der Waals surface area contributed by atoms with Crippen molar-refractivity contribution in [3.63, 3.8) is 0 Å². The Morgan fingerprint density at radius 3 is 2.36 bits per heavy atom. The van der Waals surface area contributed by atoms with Crippen molar-refractivity contribution >= 4 is 28.2 Å². The molecule has 1 aliphatic carbocycles. The first kappa shape index (κ1) is 21.3. The smallest absolute Gasteiger partial charge is 0.295 e. The van der Waals surface area contributed by atoms with E-state index in [-0.39, 0.29) is 17.4 Å². The molecule has 5 nitrogen and oxygen atoms in total. The zero-order valence-corrected chi connectivity index (χ0v) is 18.7. The van der Waals surface area contributed by atoms with Crippen LogP contribution in [0, 0.1) is 0 Å². The predicted octanol–water partition coefficient (Wildman–Crippen LogP) is 5.60. The molecule has 5 heteroatoms. The van der Waals surface area contributed by atoms with Gasteiger partial charge in [-0.3, -0.25) is 9.59 Å². The highest BCUT2D eigenvalue weighted by Crippen LogP contribution is 2.45. The monoisotopic (exact) mass is 441 g/mol. The minimum atomic E-state index is -0.685. The maximum Gasteiger partial charge on any atom is 0.295 e. The van der Waals surface area contributed by atoms with Crippen molar-refractivity contribution < 1.29 is 19.4 Å². The summed E-state index contributed by atoms with van der Waals surface area (Å²) in [6.07, 6.45) is 4.90. The molecular weight excluding hydrogens is 414 g/mol. The summed E-state index contributed by atoms with van der Waals surface area (Å²) in [5, 5.41) is 13.4. The number of likely N-dealkylation sites (tertiary alicyclic amines) is 1. The van der Waals surface area contributed by atoms with E-state index in [4.69, 9.17) is 4.74 Å². The molecule has 0 aromatic heterocycles. The van der Waals surface area contributed by atoms with E-state index < -0.39 is 17.7 Å². The number of hydrogen-bond acceptors (Lipinski definition) is 4. The van der Waals surface area contributed by atoms with Crippen LogP contribution in [0.25, 0.3) is 16.5 Å². The van der Waals surface area contributed by atoms with Crippen molar-refractivity contribution in [1.82, 2.24) is 4.90 Å². The number of fused-ring (bicyclic) bond motifs is 1. The van der Waals surface area contributed by atoms with E-state index in [9.17, 15) is 14.7 Å². The van der Waals surface area contributed by atoms with Crippen LogP contribution < -0.4 is 4.74 Å². The van der Waals surface area contributed by atoms with Gasteiger partial charge in [0.2, 0.25) is 0 Å². The molecule has 0 bridgehead atoms. The summed E-state index contributed by atoms with van der Waals surface area (Å²) >= 11 is 0. The molecule has 1 heterocycles. The lowest BCUT2D eigenvalue weighted by atomic mass is 9.90. The molecule has 168 valence electrons. The van der Waals surface area contributed by atoms with Gasteiger partial charge < -0.3 is 14.7 Å². The number of ketones is 1. The van der Waals surface area contributed by atoms with E-state index in [1.807, 2.05) is 60.7 Å². The molecule has 1 saturated carbocycles. The Balaban J connectivity index is 1.70. The standard InChI is InChI=1S/C28H27NO4/c1-33-23-14-8-7-13-22(23)25-24(27(31)28(32)29(25)21-11-3-2-4-12-21)26(30)20-16-15-18-9-5-6-10-19(18)17-20/h5-10,13-17,21,25,30H,2-4,11-12H2,1H3/b26-24+. The third-order valence-corrected chi connectivity index (χ3v) is 6.90. The Hall–Kier alpha value is -3.60. The minimum Gasteiger partial charge on any atom is -0.507 e. The quantitative estimate of drug-likeness (QED) is 0.325. The Morgan fingerprint density at radius 1 is 0.909 bits per heavy atom. The second-order valence-electron chi connectivity index (χ2n) is 8.80. The third-order valence-electron chi connectivity index (χ3n) is 6.90. The first-order valence-corrected chi connectivity index (χ1v) is 11.5. The number of ether oxygens (including phenoxy) is 1. The highest BCUT2D eigenvalue weighted by Gasteiger charge is 2.49. The molecule has 0 radical (unpaired) electrons. The number of methoxy groups -OCH3 is 1. The summed E-state index contributed by atoms with van der Waals surface area (Å²) in [4.78, 5) is 28.4. The van der Waals surface area contributed by atoms with Gasteiger partial charge in [0, 0.05) is 17.2 Å². The zero-order chi connectivity index (χ0) is 22.9. The second-order valence-corrected chi connectivity index (χ2v) is 8.80. The van der Waals surface area contributed by atoms with Crippen molar-refractivity contribution in [3.8, 4) is 5.75 Å². The largest absolute Gasteiger partial charge is 0.507 e. The first-order valence-electron chi connectivity index (χ1n) is 11.5. The number of aliphatic hydroxyl groups is 1. The van der Waals surface area contributed by atoms with Crippen LogP contribution in [-0.4, -0.2) is 34.8 Å². The summed E-state index contributed by atoms with van der Waals surface area (Å²) in [7, 11) is 1.58. The second kappa shape index (κ2) is 8.74. The molecule has 1 N–H and O–H groups in total. The highest BCUT2D eigenvalue weighted by atomic mass is 16.5. The molecule has 2 fully saturated rings. The molecule has 1 unspecified atom stereocenters. The van der Waals surface area contributed by atoms with Gasteiger partial charge in [0.15, 0.2) is 0 Å². The van der Waals surface area contributed by atoms with Crippen LogP contribution in [0.3, 0.4) is 0 Å². The third kappa shape index (κ3) is 3.67. The van der Waals surface area contributed by atoms with E-state index >= 15 is 0 Å². The van der Waals surface area contributed by atoms with Crippen molar-refractivity contribution in [2.45, 2.75) is 44.2 Å². The molecule has 1 aliphatic heterocycles. The van der Waals surface area contributed by atoms with Gasteiger partial charge in [-0.1, -0.05) is 73.9 Å². The maximum absolute atomic E-state index is 13.4. The fourth-order valence-electron chi connectivity index (χ4n) is 5.28. The lowest BCUT2D eigenvalue weighted by molar-refractivity contribution is -0.141. The van der Waals surface area contributed by atoms with Crippen LogP contribution in [0.1, 0.15) is 49.3 Å². The number of Topliss-reactive ketones (excluding diaryl/α,β-unsaturated/α-hetero) is 1. The number of carbonyl (C=O) groups excluding carboxylic acids is 2. The number of aliphatic hydroxyl groups excluding tert-OH is 1. The molecule has 5 rings (SSSR count). The van der Waals surface area contributed by atoms with Gasteiger partial charge in [-0.25, -0.2) is 0 Å². The van der Waals surface area contributed by atoms with E-state index in [2.05, 4.69) is 0 Å². The maximum atomic E-state index is 13.4. The fourth-order valence-corrected chi connectivity index (χ4v) is 5.28.